The molecule has 1 heterocycles. The predicted molar refractivity (Wildman–Crippen MR) is 55.8 cm³/mol. The summed E-state index contributed by atoms with van der Waals surface area (Å²) in [6.07, 6.45) is 0.198. The van der Waals surface area contributed by atoms with E-state index in [0.29, 0.717) is 17.9 Å². The molecular formula is C11H13NO3. The molecule has 0 amide bonds. The third-order valence-corrected chi connectivity index (χ3v) is 2.73. The summed E-state index contributed by atoms with van der Waals surface area (Å²) in [5.41, 5.74) is 7.17. The molecule has 0 aliphatic carbocycles. The summed E-state index contributed by atoms with van der Waals surface area (Å²) in [4.78, 5) is 10.9. The zero-order valence-electron chi connectivity index (χ0n) is 8.43. The molecule has 1 aliphatic heterocycles. The van der Waals surface area contributed by atoms with E-state index in [1.54, 1.807) is 19.1 Å². The van der Waals surface area contributed by atoms with Crippen molar-refractivity contribution in [2.75, 3.05) is 5.73 Å². The quantitative estimate of drug-likeness (QED) is 0.681. The normalized spacial score (nSPS) is 24.1. The van der Waals surface area contributed by atoms with Gasteiger partial charge in [0.1, 0.15) is 11.9 Å². The monoisotopic (exact) mass is 207 g/mol. The Bertz CT molecular complexity index is 403. The fourth-order valence-corrected chi connectivity index (χ4v) is 1.82. The van der Waals surface area contributed by atoms with Crippen molar-refractivity contribution in [3.8, 4) is 5.75 Å². The van der Waals surface area contributed by atoms with Crippen molar-refractivity contribution in [1.29, 1.82) is 0 Å². The Balaban J connectivity index is 2.33. The highest BCUT2D eigenvalue weighted by atomic mass is 16.5. The van der Waals surface area contributed by atoms with Crippen molar-refractivity contribution in [3.05, 3.63) is 23.8 Å². The number of benzene rings is 1. The topological polar surface area (TPSA) is 72.5 Å². The first-order chi connectivity index (χ1) is 7.08. The summed E-state index contributed by atoms with van der Waals surface area (Å²) in [7, 11) is 0. The van der Waals surface area contributed by atoms with Crippen LogP contribution in [0, 0.1) is 5.92 Å². The lowest BCUT2D eigenvalue weighted by Gasteiger charge is -2.28. The summed E-state index contributed by atoms with van der Waals surface area (Å²) in [6.45, 7) is 1.77. The Kier molecular flexibility index (Phi) is 2.26. The second-order valence-electron chi connectivity index (χ2n) is 3.84. The van der Waals surface area contributed by atoms with Gasteiger partial charge in [-0.1, -0.05) is 6.07 Å². The first-order valence-electron chi connectivity index (χ1n) is 4.86. The van der Waals surface area contributed by atoms with Gasteiger partial charge in [0.15, 0.2) is 0 Å². The van der Waals surface area contributed by atoms with E-state index >= 15 is 0 Å². The lowest BCUT2D eigenvalue weighted by atomic mass is 9.91. The molecule has 2 unspecified atom stereocenters. The van der Waals surface area contributed by atoms with Gasteiger partial charge in [0.2, 0.25) is 0 Å². The molecule has 0 saturated carbocycles. The third-order valence-electron chi connectivity index (χ3n) is 2.73. The van der Waals surface area contributed by atoms with Crippen molar-refractivity contribution in [1.82, 2.24) is 0 Å². The van der Waals surface area contributed by atoms with E-state index in [1.165, 1.54) is 0 Å². The number of hydrogen-bond acceptors (Lipinski definition) is 3. The van der Waals surface area contributed by atoms with Crippen LogP contribution in [0.15, 0.2) is 18.2 Å². The number of ether oxygens (including phenoxy) is 1. The van der Waals surface area contributed by atoms with Gasteiger partial charge in [0, 0.05) is 11.8 Å². The first kappa shape index (κ1) is 9.83. The summed E-state index contributed by atoms with van der Waals surface area (Å²) >= 11 is 0. The SMILES string of the molecule is CC1Oc2cc(N)ccc2CC1C(=O)O. The number of hydrogen-bond donors (Lipinski definition) is 2. The van der Waals surface area contributed by atoms with Crippen LogP contribution in [-0.4, -0.2) is 17.2 Å². The van der Waals surface area contributed by atoms with Crippen molar-refractivity contribution >= 4 is 11.7 Å². The van der Waals surface area contributed by atoms with Crippen LogP contribution >= 0.6 is 0 Å². The molecule has 0 radical (unpaired) electrons. The van der Waals surface area contributed by atoms with E-state index in [1.807, 2.05) is 6.07 Å². The van der Waals surface area contributed by atoms with Gasteiger partial charge in [-0.05, 0) is 25.0 Å². The van der Waals surface area contributed by atoms with E-state index in [-0.39, 0.29) is 6.10 Å². The van der Waals surface area contributed by atoms with Crippen molar-refractivity contribution < 1.29 is 14.6 Å². The maximum Gasteiger partial charge on any atom is 0.310 e. The molecule has 1 aromatic carbocycles. The average Bonchev–Trinajstić information content (AvgIpc) is 2.15. The zero-order chi connectivity index (χ0) is 11.0. The average molecular weight is 207 g/mol. The number of aliphatic carboxylic acids is 1. The fourth-order valence-electron chi connectivity index (χ4n) is 1.82. The Hall–Kier alpha value is -1.71. The van der Waals surface area contributed by atoms with Crippen LogP contribution in [-0.2, 0) is 11.2 Å². The van der Waals surface area contributed by atoms with Gasteiger partial charge in [-0.3, -0.25) is 4.79 Å². The van der Waals surface area contributed by atoms with E-state index in [4.69, 9.17) is 15.6 Å². The van der Waals surface area contributed by atoms with Gasteiger partial charge in [-0.2, -0.15) is 0 Å². The minimum absolute atomic E-state index is 0.309. The number of carboxylic acids is 1. The zero-order valence-corrected chi connectivity index (χ0v) is 8.43. The van der Waals surface area contributed by atoms with Gasteiger partial charge in [-0.15, -0.1) is 0 Å². The van der Waals surface area contributed by atoms with E-state index in [9.17, 15) is 4.79 Å². The molecule has 0 aromatic heterocycles. The highest BCUT2D eigenvalue weighted by molar-refractivity contribution is 5.72. The van der Waals surface area contributed by atoms with Crippen LogP contribution in [0.1, 0.15) is 12.5 Å². The number of nitrogen functional groups attached to an aromatic ring is 1. The highest BCUT2D eigenvalue weighted by Gasteiger charge is 2.32. The second-order valence-corrected chi connectivity index (χ2v) is 3.84. The largest absolute Gasteiger partial charge is 0.489 e. The molecule has 0 spiro atoms. The number of nitrogens with two attached hydrogens (primary N) is 1. The summed E-state index contributed by atoms with van der Waals surface area (Å²) < 4.78 is 5.53. The molecular weight excluding hydrogens is 194 g/mol. The van der Waals surface area contributed by atoms with Crippen molar-refractivity contribution in [3.63, 3.8) is 0 Å². The van der Waals surface area contributed by atoms with Crippen LogP contribution in [0.2, 0.25) is 0 Å². The number of fused-ring (bicyclic) bond motifs is 1. The Morgan fingerprint density at radius 3 is 3.00 bits per heavy atom. The predicted octanol–water partition coefficient (Wildman–Crippen LogP) is 1.29. The van der Waals surface area contributed by atoms with Crippen LogP contribution in [0.25, 0.3) is 0 Å². The van der Waals surface area contributed by atoms with Crippen LogP contribution in [0.5, 0.6) is 5.75 Å². The lowest BCUT2D eigenvalue weighted by Crippen LogP contribution is -2.35. The molecule has 4 nitrogen and oxygen atoms in total. The molecule has 15 heavy (non-hydrogen) atoms. The van der Waals surface area contributed by atoms with Crippen LogP contribution in [0.4, 0.5) is 5.69 Å². The van der Waals surface area contributed by atoms with Crippen molar-refractivity contribution in [2.24, 2.45) is 5.92 Å². The molecule has 80 valence electrons. The van der Waals surface area contributed by atoms with Gasteiger partial charge in [-0.25, -0.2) is 0 Å². The van der Waals surface area contributed by atoms with Crippen LogP contribution < -0.4 is 10.5 Å². The molecule has 1 aliphatic rings. The fraction of sp³-hybridized carbons (Fsp3) is 0.364. The number of carbonyl (C=O) groups is 1. The smallest absolute Gasteiger partial charge is 0.310 e. The minimum Gasteiger partial charge on any atom is -0.489 e. The minimum atomic E-state index is -0.815. The summed E-state index contributed by atoms with van der Waals surface area (Å²) in [6, 6.07) is 5.33. The van der Waals surface area contributed by atoms with Crippen molar-refractivity contribution in [2.45, 2.75) is 19.4 Å². The molecule has 1 aromatic rings. The van der Waals surface area contributed by atoms with Gasteiger partial charge in [0.25, 0.3) is 0 Å². The molecule has 0 fully saturated rings. The standard InChI is InChI=1S/C11H13NO3/c1-6-9(11(13)14)4-7-2-3-8(12)5-10(7)15-6/h2-3,5-6,9H,4,12H2,1H3,(H,13,14). The molecule has 0 bridgehead atoms. The number of rotatable bonds is 1. The molecule has 0 saturated heterocycles. The van der Waals surface area contributed by atoms with E-state index in [0.717, 1.165) is 5.56 Å². The highest BCUT2D eigenvalue weighted by Crippen LogP contribution is 2.32. The first-order valence-corrected chi connectivity index (χ1v) is 4.86. The summed E-state index contributed by atoms with van der Waals surface area (Å²) in [5, 5.41) is 8.98. The maximum absolute atomic E-state index is 10.9. The Labute approximate surface area is 87.7 Å². The second kappa shape index (κ2) is 3.46. The number of carboxylic acid groups (broad SMARTS) is 1. The molecule has 2 rings (SSSR count). The van der Waals surface area contributed by atoms with E-state index < -0.39 is 11.9 Å². The van der Waals surface area contributed by atoms with Gasteiger partial charge < -0.3 is 15.6 Å². The Morgan fingerprint density at radius 1 is 1.60 bits per heavy atom. The van der Waals surface area contributed by atoms with Gasteiger partial charge in [0.05, 0.1) is 5.92 Å². The van der Waals surface area contributed by atoms with Gasteiger partial charge >= 0.3 is 5.97 Å². The molecule has 2 atom stereocenters. The van der Waals surface area contributed by atoms with E-state index in [2.05, 4.69) is 0 Å². The third kappa shape index (κ3) is 1.75. The van der Waals surface area contributed by atoms with Crippen LogP contribution in [0.3, 0.4) is 0 Å². The molecule has 4 heteroatoms. The number of anilines is 1. The molecule has 3 N–H and O–H groups in total. The Morgan fingerprint density at radius 2 is 2.33 bits per heavy atom. The lowest BCUT2D eigenvalue weighted by molar-refractivity contribution is -0.145. The maximum atomic E-state index is 10.9. The summed E-state index contributed by atoms with van der Waals surface area (Å²) in [5.74, 6) is -0.578.